The van der Waals surface area contributed by atoms with E-state index >= 15 is 0 Å². The molecule has 54 heavy (non-hydrogen) atoms. The lowest BCUT2D eigenvalue weighted by Gasteiger charge is -2.27. The van der Waals surface area contributed by atoms with Crippen molar-refractivity contribution < 1.29 is 19.8 Å². The Balaban J connectivity index is 0.000000142. The molecule has 14 nitrogen and oxygen atoms in total. The third-order valence-corrected chi connectivity index (χ3v) is 10.6. The van der Waals surface area contributed by atoms with Gasteiger partial charge < -0.3 is 30.6 Å². The smallest absolute Gasteiger partial charge is 0.254 e. The van der Waals surface area contributed by atoms with Crippen LogP contribution in [-0.2, 0) is 0 Å². The molecule has 276 valence electrons. The number of rotatable bonds is 6. The zero-order chi connectivity index (χ0) is 36.8. The molecule has 4 aromatic heterocycles. The third-order valence-electron chi connectivity index (χ3n) is 10.6. The van der Waals surface area contributed by atoms with E-state index in [2.05, 4.69) is 31.0 Å². The normalized spacial score (nSPS) is 17.4. The van der Waals surface area contributed by atoms with Gasteiger partial charge in [0, 0.05) is 75.3 Å². The van der Waals surface area contributed by atoms with Gasteiger partial charge in [-0.05, 0) is 86.3 Å². The van der Waals surface area contributed by atoms with Crippen LogP contribution in [0.3, 0.4) is 0 Å². The lowest BCUT2D eigenvalue weighted by atomic mass is 10.0. The van der Waals surface area contributed by atoms with Crippen molar-refractivity contribution in [2.45, 2.75) is 37.5 Å². The number of aromatic nitrogens is 6. The monoisotopic (exact) mass is 726 g/mol. The number of carbonyl (C=O) groups is 2. The molecule has 2 aliphatic carbocycles. The van der Waals surface area contributed by atoms with Gasteiger partial charge in [-0.1, -0.05) is 0 Å². The molecule has 6 heterocycles. The predicted octanol–water partition coefficient (Wildman–Crippen LogP) is 4.51. The van der Waals surface area contributed by atoms with E-state index in [1.807, 2.05) is 21.9 Å². The maximum atomic E-state index is 13.3. The standard InChI is InChI=1S/2C20H21N5O2/c2*26-14-5-3-12(4-6-14)16-11-15(20(27)25-9-7-21-8-10-25)17-18(13-1-2-13)23-24-19(17)22-16/h2*3-6,11,13,21,26H,1-2,7-10H2,(H,22,23,24). The first kappa shape index (κ1) is 33.9. The second-order valence-corrected chi connectivity index (χ2v) is 14.5. The summed E-state index contributed by atoms with van der Waals surface area (Å²) in [5.74, 6) is 1.33. The zero-order valence-corrected chi connectivity index (χ0v) is 29.8. The second-order valence-electron chi connectivity index (χ2n) is 14.5. The van der Waals surface area contributed by atoms with E-state index in [-0.39, 0.29) is 23.3 Å². The van der Waals surface area contributed by atoms with Gasteiger partial charge >= 0.3 is 0 Å². The van der Waals surface area contributed by atoms with Crippen LogP contribution in [0.1, 0.15) is 69.6 Å². The summed E-state index contributed by atoms with van der Waals surface area (Å²) in [7, 11) is 0. The fourth-order valence-corrected chi connectivity index (χ4v) is 7.39. The Morgan fingerprint density at radius 3 is 1.30 bits per heavy atom. The fourth-order valence-electron chi connectivity index (χ4n) is 7.39. The van der Waals surface area contributed by atoms with Crippen molar-refractivity contribution in [2.75, 3.05) is 52.4 Å². The SMILES string of the molecule is O=C(c1cc(-c2ccc(O)cc2)nc2[nH]nc(C3CC3)c12)N1CCNCC1.O=C(c1cc(-c2ccc(O)cc2)nc2[nH]nc(C3CC3)c12)N1CCNCC1. The highest BCUT2D eigenvalue weighted by Gasteiger charge is 2.33. The van der Waals surface area contributed by atoms with Crippen LogP contribution in [0.2, 0.25) is 0 Å². The molecular formula is C40H42N10O4. The van der Waals surface area contributed by atoms with E-state index in [4.69, 9.17) is 9.97 Å². The number of nitrogens with zero attached hydrogens (tertiary/aromatic N) is 6. The van der Waals surface area contributed by atoms with Crippen LogP contribution in [0.25, 0.3) is 44.6 Å². The van der Waals surface area contributed by atoms with Crippen LogP contribution in [0.5, 0.6) is 11.5 Å². The molecule has 0 spiro atoms. The van der Waals surface area contributed by atoms with Crippen LogP contribution in [0.15, 0.2) is 60.7 Å². The minimum Gasteiger partial charge on any atom is -0.508 e. The Kier molecular flexibility index (Phi) is 8.91. The average molecular weight is 727 g/mol. The first-order valence-electron chi connectivity index (χ1n) is 18.8. The number of nitrogens with one attached hydrogen (secondary N) is 4. The first-order valence-corrected chi connectivity index (χ1v) is 18.8. The minimum absolute atomic E-state index is 0.0345. The number of hydrogen-bond donors (Lipinski definition) is 6. The molecule has 2 saturated carbocycles. The summed E-state index contributed by atoms with van der Waals surface area (Å²) in [5.41, 5.74) is 7.68. The van der Waals surface area contributed by atoms with Crippen molar-refractivity contribution in [3.05, 3.63) is 83.2 Å². The molecule has 6 N–H and O–H groups in total. The number of benzene rings is 2. The molecule has 2 amide bonds. The van der Waals surface area contributed by atoms with Gasteiger partial charge in [0.1, 0.15) is 11.5 Å². The maximum absolute atomic E-state index is 13.3. The molecule has 2 saturated heterocycles. The highest BCUT2D eigenvalue weighted by Crippen LogP contribution is 2.44. The summed E-state index contributed by atoms with van der Waals surface area (Å²) in [6.07, 6.45) is 4.45. The number of aromatic amines is 2. The Hall–Kier alpha value is -5.86. The summed E-state index contributed by atoms with van der Waals surface area (Å²) in [6.45, 7) is 6.05. The van der Waals surface area contributed by atoms with Crippen LogP contribution in [-0.4, -0.2) is 115 Å². The summed E-state index contributed by atoms with van der Waals surface area (Å²) < 4.78 is 0. The van der Waals surface area contributed by atoms with E-state index in [0.717, 1.165) is 85.1 Å². The number of amides is 2. The predicted molar refractivity (Wildman–Crippen MR) is 203 cm³/mol. The fraction of sp³-hybridized carbons (Fsp3) is 0.350. The lowest BCUT2D eigenvalue weighted by molar-refractivity contribution is 0.0730. The number of pyridine rings is 2. The van der Waals surface area contributed by atoms with Crippen LogP contribution >= 0.6 is 0 Å². The van der Waals surface area contributed by atoms with Crippen molar-refractivity contribution in [2.24, 2.45) is 0 Å². The number of phenolic OH excluding ortho intramolecular Hbond substituents is 2. The van der Waals surface area contributed by atoms with Gasteiger partial charge in [-0.15, -0.1) is 0 Å². The maximum Gasteiger partial charge on any atom is 0.254 e. The van der Waals surface area contributed by atoms with Gasteiger partial charge in [0.25, 0.3) is 11.8 Å². The largest absolute Gasteiger partial charge is 0.508 e. The lowest BCUT2D eigenvalue weighted by Crippen LogP contribution is -2.46. The molecular weight excluding hydrogens is 685 g/mol. The quantitative estimate of drug-likeness (QED) is 0.143. The van der Waals surface area contributed by atoms with Crippen molar-refractivity contribution in [1.82, 2.24) is 50.8 Å². The highest BCUT2D eigenvalue weighted by atomic mass is 16.3. The number of fused-ring (bicyclic) bond motifs is 2. The van der Waals surface area contributed by atoms with E-state index in [1.54, 1.807) is 48.5 Å². The molecule has 14 heteroatoms. The van der Waals surface area contributed by atoms with Crippen molar-refractivity contribution in [1.29, 1.82) is 0 Å². The molecule has 0 radical (unpaired) electrons. The molecule has 10 rings (SSSR count). The number of piperazine rings is 2. The van der Waals surface area contributed by atoms with Crippen LogP contribution in [0.4, 0.5) is 0 Å². The van der Waals surface area contributed by atoms with Crippen molar-refractivity contribution >= 4 is 33.9 Å². The van der Waals surface area contributed by atoms with E-state index < -0.39 is 0 Å². The molecule has 2 aliphatic heterocycles. The molecule has 4 fully saturated rings. The highest BCUT2D eigenvalue weighted by molar-refractivity contribution is 6.08. The van der Waals surface area contributed by atoms with Gasteiger partial charge in [0.05, 0.1) is 44.7 Å². The van der Waals surface area contributed by atoms with Crippen molar-refractivity contribution in [3.63, 3.8) is 0 Å². The van der Waals surface area contributed by atoms with E-state index in [9.17, 15) is 19.8 Å². The number of carbonyl (C=O) groups excluding carboxylic acids is 2. The zero-order valence-electron chi connectivity index (χ0n) is 29.8. The Morgan fingerprint density at radius 1 is 0.574 bits per heavy atom. The Labute approximate surface area is 311 Å². The van der Waals surface area contributed by atoms with Crippen LogP contribution in [0, 0.1) is 0 Å². The summed E-state index contributed by atoms with van der Waals surface area (Å²) in [4.78, 5) is 39.9. The Bertz CT molecular complexity index is 2170. The third kappa shape index (κ3) is 6.74. The van der Waals surface area contributed by atoms with Gasteiger partial charge in [0.2, 0.25) is 0 Å². The number of phenols is 2. The first-order chi connectivity index (χ1) is 26.4. The van der Waals surface area contributed by atoms with E-state index in [0.29, 0.717) is 71.8 Å². The molecule has 4 aliphatic rings. The number of aromatic hydroxyl groups is 2. The van der Waals surface area contributed by atoms with Crippen molar-refractivity contribution in [3.8, 4) is 34.0 Å². The van der Waals surface area contributed by atoms with Gasteiger partial charge in [-0.3, -0.25) is 19.8 Å². The molecule has 0 bridgehead atoms. The summed E-state index contributed by atoms with van der Waals surface area (Å²) in [5, 5.41) is 42.5. The topological polar surface area (TPSA) is 188 Å². The average Bonchev–Trinajstić information content (AvgIpc) is 4.16. The molecule has 0 atom stereocenters. The number of H-pyrrole nitrogens is 2. The summed E-state index contributed by atoms with van der Waals surface area (Å²) >= 11 is 0. The summed E-state index contributed by atoms with van der Waals surface area (Å²) in [6, 6.07) is 17.5. The second kappa shape index (κ2) is 14.2. The Morgan fingerprint density at radius 2 is 0.944 bits per heavy atom. The molecule has 0 unspecified atom stereocenters. The van der Waals surface area contributed by atoms with Crippen LogP contribution < -0.4 is 10.6 Å². The minimum atomic E-state index is 0.0345. The van der Waals surface area contributed by atoms with E-state index in [1.165, 1.54) is 0 Å². The van der Waals surface area contributed by atoms with Gasteiger partial charge in [-0.2, -0.15) is 10.2 Å². The molecule has 2 aromatic carbocycles. The molecule has 6 aromatic rings. The van der Waals surface area contributed by atoms with Gasteiger partial charge in [-0.25, -0.2) is 9.97 Å². The number of hydrogen-bond acceptors (Lipinski definition) is 10. The van der Waals surface area contributed by atoms with Gasteiger partial charge in [0.15, 0.2) is 11.3 Å².